The van der Waals surface area contributed by atoms with Crippen LogP contribution in [0, 0.1) is 5.92 Å². The van der Waals surface area contributed by atoms with Gasteiger partial charge in [-0.25, -0.2) is 9.97 Å². The van der Waals surface area contributed by atoms with Crippen molar-refractivity contribution >= 4 is 27.8 Å². The summed E-state index contributed by atoms with van der Waals surface area (Å²) in [7, 11) is 0. The quantitative estimate of drug-likeness (QED) is 0.748. The smallest absolute Gasteiger partial charge is 0.226 e. The number of nitrogens with zero attached hydrogens (tertiary/aromatic N) is 4. The van der Waals surface area contributed by atoms with Crippen molar-refractivity contribution in [3.63, 3.8) is 0 Å². The normalized spacial score (nSPS) is 18.0. The van der Waals surface area contributed by atoms with E-state index in [4.69, 9.17) is 0 Å². The Morgan fingerprint density at radius 3 is 2.50 bits per heavy atom. The van der Waals surface area contributed by atoms with Gasteiger partial charge in [0, 0.05) is 48.5 Å². The first-order valence-corrected chi connectivity index (χ1v) is 10.1. The minimum absolute atomic E-state index is 0.114. The molecule has 0 bridgehead atoms. The molecule has 1 aliphatic carbocycles. The lowest BCUT2D eigenvalue weighted by Crippen LogP contribution is -2.43. The third-order valence-electron chi connectivity index (χ3n) is 5.19. The zero-order valence-corrected chi connectivity index (χ0v) is 16.3. The van der Waals surface area contributed by atoms with E-state index in [1.165, 1.54) is 5.56 Å². The number of hydrogen-bond acceptors (Lipinski definition) is 4. The average Bonchev–Trinajstić information content (AvgIpc) is 3.52. The summed E-state index contributed by atoms with van der Waals surface area (Å²) in [5, 5.41) is 0. The maximum absolute atomic E-state index is 13.2. The number of hydrogen-bond donors (Lipinski definition) is 0. The Morgan fingerprint density at radius 2 is 1.85 bits per heavy atom. The second-order valence-electron chi connectivity index (χ2n) is 7.14. The Kier molecular flexibility index (Phi) is 5.20. The first-order valence-electron chi connectivity index (χ1n) is 9.27. The monoisotopic (exact) mass is 414 g/mol. The molecule has 2 aromatic rings. The van der Waals surface area contributed by atoms with Crippen LogP contribution in [0.2, 0.25) is 0 Å². The molecule has 4 rings (SSSR count). The Labute approximate surface area is 162 Å². The molecule has 1 amide bonds. The highest BCUT2D eigenvalue weighted by Crippen LogP contribution is 2.32. The minimum atomic E-state index is 0.114. The number of rotatable bonds is 5. The zero-order chi connectivity index (χ0) is 17.9. The molecule has 2 heterocycles. The molecule has 2 fully saturated rings. The van der Waals surface area contributed by atoms with Gasteiger partial charge in [0.15, 0.2) is 0 Å². The minimum Gasteiger partial charge on any atom is -0.341 e. The Morgan fingerprint density at radius 1 is 1.12 bits per heavy atom. The summed E-state index contributed by atoms with van der Waals surface area (Å²) in [5.41, 5.74) is 1.19. The molecule has 0 N–H and O–H groups in total. The Hall–Kier alpha value is -1.95. The van der Waals surface area contributed by atoms with Crippen LogP contribution in [0.5, 0.6) is 0 Å². The molecule has 1 saturated heterocycles. The third-order valence-corrected chi connectivity index (χ3v) is 5.69. The molecule has 5 nitrogen and oxygen atoms in total. The van der Waals surface area contributed by atoms with Gasteiger partial charge >= 0.3 is 0 Å². The number of anilines is 1. The second-order valence-corrected chi connectivity index (χ2v) is 8.05. The van der Waals surface area contributed by atoms with Gasteiger partial charge < -0.3 is 9.80 Å². The van der Waals surface area contributed by atoms with E-state index in [1.54, 1.807) is 12.4 Å². The molecule has 0 atom stereocenters. The van der Waals surface area contributed by atoms with Gasteiger partial charge in [-0.2, -0.15) is 0 Å². The number of amides is 1. The molecule has 136 valence electrons. The van der Waals surface area contributed by atoms with Crippen LogP contribution in [0.3, 0.4) is 0 Å². The van der Waals surface area contributed by atoms with Crippen LogP contribution in [-0.4, -0.2) is 39.9 Å². The number of carbonyl (C=O) groups is 1. The van der Waals surface area contributed by atoms with E-state index in [-0.39, 0.29) is 5.92 Å². The van der Waals surface area contributed by atoms with E-state index in [2.05, 4.69) is 47.8 Å². The highest BCUT2D eigenvalue weighted by molar-refractivity contribution is 9.10. The largest absolute Gasteiger partial charge is 0.341 e. The van der Waals surface area contributed by atoms with Crippen molar-refractivity contribution in [2.24, 2.45) is 5.92 Å². The molecule has 0 radical (unpaired) electrons. The summed E-state index contributed by atoms with van der Waals surface area (Å²) >= 11 is 3.53. The van der Waals surface area contributed by atoms with E-state index in [0.717, 1.165) is 49.2 Å². The number of aromatic nitrogens is 2. The van der Waals surface area contributed by atoms with Crippen molar-refractivity contribution in [1.82, 2.24) is 14.9 Å². The lowest BCUT2D eigenvalue weighted by molar-refractivity contribution is -0.137. The number of benzene rings is 1. The average molecular weight is 415 g/mol. The topological polar surface area (TPSA) is 49.3 Å². The second kappa shape index (κ2) is 7.74. The van der Waals surface area contributed by atoms with Gasteiger partial charge in [-0.1, -0.05) is 28.1 Å². The summed E-state index contributed by atoms with van der Waals surface area (Å²) < 4.78 is 1.06. The van der Waals surface area contributed by atoms with Gasteiger partial charge in [0.1, 0.15) is 0 Å². The SMILES string of the molecule is O=C(C1CCN(c2ncccn2)CC1)N(Cc1cccc(Br)c1)C1CC1. The van der Waals surface area contributed by atoms with E-state index in [1.807, 2.05) is 18.2 Å². The predicted molar refractivity (Wildman–Crippen MR) is 105 cm³/mol. The summed E-state index contributed by atoms with van der Waals surface area (Å²) in [4.78, 5) is 26.1. The third kappa shape index (κ3) is 4.06. The van der Waals surface area contributed by atoms with Crippen LogP contribution in [0.1, 0.15) is 31.2 Å². The summed E-state index contributed by atoms with van der Waals surface area (Å²) in [5.74, 6) is 1.20. The van der Waals surface area contributed by atoms with E-state index < -0.39 is 0 Å². The Bertz CT molecular complexity index is 757. The molecule has 2 aliphatic rings. The highest BCUT2D eigenvalue weighted by Gasteiger charge is 2.37. The fourth-order valence-corrected chi connectivity index (χ4v) is 4.07. The van der Waals surface area contributed by atoms with Crippen LogP contribution in [0.25, 0.3) is 0 Å². The van der Waals surface area contributed by atoms with Gasteiger partial charge in [0.2, 0.25) is 11.9 Å². The van der Waals surface area contributed by atoms with Gasteiger partial charge in [-0.15, -0.1) is 0 Å². The van der Waals surface area contributed by atoms with Crippen molar-refractivity contribution in [1.29, 1.82) is 0 Å². The summed E-state index contributed by atoms with van der Waals surface area (Å²) in [6.45, 7) is 2.40. The van der Waals surface area contributed by atoms with Crippen LogP contribution >= 0.6 is 15.9 Å². The molecule has 26 heavy (non-hydrogen) atoms. The van der Waals surface area contributed by atoms with E-state index >= 15 is 0 Å². The molecule has 6 heteroatoms. The van der Waals surface area contributed by atoms with Crippen LogP contribution in [0.4, 0.5) is 5.95 Å². The predicted octanol–water partition coefficient (Wildman–Crippen LogP) is 3.65. The molecule has 0 unspecified atom stereocenters. The van der Waals surface area contributed by atoms with E-state index in [9.17, 15) is 4.79 Å². The molecular formula is C20H23BrN4O. The molecule has 0 spiro atoms. The summed E-state index contributed by atoms with van der Waals surface area (Å²) in [6, 6.07) is 10.5. The van der Waals surface area contributed by atoms with Gasteiger partial charge in [0.25, 0.3) is 0 Å². The van der Waals surface area contributed by atoms with Crippen molar-refractivity contribution < 1.29 is 4.79 Å². The summed E-state index contributed by atoms with van der Waals surface area (Å²) in [6.07, 6.45) is 7.56. The molecular weight excluding hydrogens is 392 g/mol. The lowest BCUT2D eigenvalue weighted by atomic mass is 9.95. The van der Waals surface area contributed by atoms with Crippen molar-refractivity contribution in [2.45, 2.75) is 38.3 Å². The number of piperidine rings is 1. The highest BCUT2D eigenvalue weighted by atomic mass is 79.9. The molecule has 1 aromatic carbocycles. The first-order chi connectivity index (χ1) is 12.7. The van der Waals surface area contributed by atoms with E-state index in [0.29, 0.717) is 18.5 Å². The first kappa shape index (κ1) is 17.5. The maximum atomic E-state index is 13.2. The van der Waals surface area contributed by atoms with Crippen molar-refractivity contribution in [3.05, 3.63) is 52.8 Å². The maximum Gasteiger partial charge on any atom is 0.226 e. The standard InChI is InChI=1S/C20H23BrN4O/c21-17-4-1-3-15(13-17)14-25(18-5-6-18)19(26)16-7-11-24(12-8-16)20-22-9-2-10-23-20/h1-4,9-10,13,16,18H,5-8,11-12,14H2. The Balaban J connectivity index is 1.39. The van der Waals surface area contributed by atoms with Gasteiger partial charge in [-0.3, -0.25) is 4.79 Å². The van der Waals surface area contributed by atoms with Gasteiger partial charge in [-0.05, 0) is 49.4 Å². The molecule has 1 saturated carbocycles. The number of carbonyl (C=O) groups excluding carboxylic acids is 1. The van der Waals surface area contributed by atoms with Crippen LogP contribution < -0.4 is 4.90 Å². The van der Waals surface area contributed by atoms with Gasteiger partial charge in [0.05, 0.1) is 0 Å². The zero-order valence-electron chi connectivity index (χ0n) is 14.7. The van der Waals surface area contributed by atoms with Crippen molar-refractivity contribution in [2.75, 3.05) is 18.0 Å². The fourth-order valence-electron chi connectivity index (χ4n) is 3.62. The fraction of sp³-hybridized carbons (Fsp3) is 0.450. The molecule has 1 aromatic heterocycles. The lowest BCUT2D eigenvalue weighted by Gasteiger charge is -2.34. The van der Waals surface area contributed by atoms with Crippen LogP contribution in [-0.2, 0) is 11.3 Å². The number of halogens is 1. The van der Waals surface area contributed by atoms with Crippen molar-refractivity contribution in [3.8, 4) is 0 Å². The molecule has 1 aliphatic heterocycles. The van der Waals surface area contributed by atoms with Crippen LogP contribution in [0.15, 0.2) is 47.2 Å².